The summed E-state index contributed by atoms with van der Waals surface area (Å²) >= 11 is 12.5. The normalized spacial score (nSPS) is 12.0. The quantitative estimate of drug-likeness (QED) is 0.186. The molecule has 0 unspecified atom stereocenters. The van der Waals surface area contributed by atoms with E-state index in [1.807, 2.05) is 81.4 Å². The number of amides is 2. The van der Waals surface area contributed by atoms with Gasteiger partial charge in [-0.25, -0.2) is 8.42 Å². The lowest BCUT2D eigenvalue weighted by atomic mass is 10.0. The highest BCUT2D eigenvalue weighted by molar-refractivity contribution is 7.92. The van der Waals surface area contributed by atoms with Gasteiger partial charge < -0.3 is 10.2 Å². The van der Waals surface area contributed by atoms with E-state index in [-0.39, 0.29) is 45.5 Å². The standard InChI is InChI=1S/C34H35Cl2N3O4S/c1-24(2)37-34(41)32(20-26-10-6-4-7-11-26)38(22-27-12-8-5-9-13-27)33(40)23-39(28-16-19-30(35)31(36)21-28)44(42,43)29-17-14-25(3)15-18-29/h4-19,21,24,32H,20,22-23H2,1-3H3,(H,37,41)/t32-/m1/s1. The predicted molar refractivity (Wildman–Crippen MR) is 176 cm³/mol. The summed E-state index contributed by atoms with van der Waals surface area (Å²) in [5.74, 6) is -0.897. The van der Waals surface area contributed by atoms with Gasteiger partial charge >= 0.3 is 0 Å². The lowest BCUT2D eigenvalue weighted by Gasteiger charge is -2.34. The Hall–Kier alpha value is -3.85. The molecule has 0 bridgehead atoms. The molecule has 4 rings (SSSR count). The summed E-state index contributed by atoms with van der Waals surface area (Å²) in [6, 6.07) is 28.4. The van der Waals surface area contributed by atoms with Gasteiger partial charge in [-0.2, -0.15) is 0 Å². The zero-order valence-corrected chi connectivity index (χ0v) is 27.1. The number of sulfonamides is 1. The Bertz CT molecular complexity index is 1680. The van der Waals surface area contributed by atoms with Gasteiger partial charge in [-0.3, -0.25) is 13.9 Å². The number of hydrogen-bond donors (Lipinski definition) is 1. The van der Waals surface area contributed by atoms with Crippen LogP contribution >= 0.6 is 23.2 Å². The Balaban J connectivity index is 1.81. The molecule has 230 valence electrons. The highest BCUT2D eigenvalue weighted by Crippen LogP contribution is 2.31. The van der Waals surface area contributed by atoms with Crippen LogP contribution in [0.4, 0.5) is 5.69 Å². The molecule has 0 radical (unpaired) electrons. The predicted octanol–water partition coefficient (Wildman–Crippen LogP) is 6.66. The van der Waals surface area contributed by atoms with E-state index in [2.05, 4.69) is 5.32 Å². The van der Waals surface area contributed by atoms with E-state index >= 15 is 0 Å². The van der Waals surface area contributed by atoms with Crippen LogP contribution < -0.4 is 9.62 Å². The molecular formula is C34H35Cl2N3O4S. The average Bonchev–Trinajstić information content (AvgIpc) is 3.00. The number of aryl methyl sites for hydroxylation is 1. The molecular weight excluding hydrogens is 617 g/mol. The maximum absolute atomic E-state index is 14.4. The van der Waals surface area contributed by atoms with Gasteiger partial charge in [-0.1, -0.05) is 102 Å². The molecule has 0 aliphatic heterocycles. The van der Waals surface area contributed by atoms with E-state index in [1.165, 1.54) is 35.2 Å². The van der Waals surface area contributed by atoms with Crippen molar-refractivity contribution in [1.82, 2.24) is 10.2 Å². The van der Waals surface area contributed by atoms with E-state index < -0.39 is 28.5 Å². The SMILES string of the molecule is Cc1ccc(S(=O)(=O)N(CC(=O)N(Cc2ccccc2)[C@H](Cc2ccccc2)C(=O)NC(C)C)c2ccc(Cl)c(Cl)c2)cc1. The third-order valence-electron chi connectivity index (χ3n) is 6.98. The van der Waals surface area contributed by atoms with Gasteiger partial charge in [0.15, 0.2) is 0 Å². The molecule has 0 aliphatic carbocycles. The zero-order valence-electron chi connectivity index (χ0n) is 24.8. The summed E-state index contributed by atoms with van der Waals surface area (Å²) < 4.78 is 29.2. The van der Waals surface area contributed by atoms with Crippen molar-refractivity contribution >= 4 is 50.7 Å². The molecule has 0 fully saturated rings. The monoisotopic (exact) mass is 651 g/mol. The number of carbonyl (C=O) groups excluding carboxylic acids is 2. The molecule has 2 amide bonds. The second-order valence-corrected chi connectivity index (χ2v) is 13.5. The summed E-state index contributed by atoms with van der Waals surface area (Å²) in [5, 5.41) is 3.33. The number of nitrogens with zero attached hydrogens (tertiary/aromatic N) is 2. The minimum absolute atomic E-state index is 0.00923. The van der Waals surface area contributed by atoms with Crippen molar-refractivity contribution in [2.45, 2.75) is 50.7 Å². The molecule has 10 heteroatoms. The number of anilines is 1. The molecule has 44 heavy (non-hydrogen) atoms. The van der Waals surface area contributed by atoms with E-state index in [9.17, 15) is 18.0 Å². The van der Waals surface area contributed by atoms with Crippen molar-refractivity contribution < 1.29 is 18.0 Å². The fourth-order valence-corrected chi connectivity index (χ4v) is 6.42. The van der Waals surface area contributed by atoms with E-state index in [1.54, 1.807) is 12.1 Å². The van der Waals surface area contributed by atoms with Crippen molar-refractivity contribution in [3.05, 3.63) is 130 Å². The van der Waals surface area contributed by atoms with Gasteiger partial charge in [-0.15, -0.1) is 0 Å². The van der Waals surface area contributed by atoms with Crippen molar-refractivity contribution in [2.24, 2.45) is 0 Å². The fourth-order valence-electron chi connectivity index (χ4n) is 4.72. The third-order valence-corrected chi connectivity index (χ3v) is 9.50. The smallest absolute Gasteiger partial charge is 0.264 e. The Kier molecular flexibility index (Phi) is 11.1. The molecule has 1 atom stereocenters. The largest absolute Gasteiger partial charge is 0.352 e. The van der Waals surface area contributed by atoms with Crippen molar-refractivity contribution in [1.29, 1.82) is 0 Å². The first kappa shape index (κ1) is 33.1. The Morgan fingerprint density at radius 3 is 1.95 bits per heavy atom. The molecule has 0 spiro atoms. The number of nitrogens with one attached hydrogen (secondary N) is 1. The highest BCUT2D eigenvalue weighted by Gasteiger charge is 2.35. The maximum Gasteiger partial charge on any atom is 0.264 e. The fraction of sp³-hybridized carbons (Fsp3) is 0.235. The van der Waals surface area contributed by atoms with Crippen LogP contribution in [0.15, 0.2) is 108 Å². The summed E-state index contributed by atoms with van der Waals surface area (Å²) in [4.78, 5) is 29.6. The summed E-state index contributed by atoms with van der Waals surface area (Å²) in [6.07, 6.45) is 0.232. The zero-order chi connectivity index (χ0) is 31.9. The highest BCUT2D eigenvalue weighted by atomic mass is 35.5. The van der Waals surface area contributed by atoms with Crippen molar-refractivity contribution in [3.8, 4) is 0 Å². The van der Waals surface area contributed by atoms with Gasteiger partial charge in [0.25, 0.3) is 10.0 Å². The van der Waals surface area contributed by atoms with Crippen LogP contribution in [0.25, 0.3) is 0 Å². The summed E-state index contributed by atoms with van der Waals surface area (Å²) in [6.45, 7) is 5.05. The summed E-state index contributed by atoms with van der Waals surface area (Å²) in [7, 11) is -4.24. The number of halogens is 2. The molecule has 1 N–H and O–H groups in total. The van der Waals surface area contributed by atoms with E-state index in [0.29, 0.717) is 0 Å². The van der Waals surface area contributed by atoms with Crippen LogP contribution in [0.2, 0.25) is 10.0 Å². The van der Waals surface area contributed by atoms with E-state index in [0.717, 1.165) is 21.0 Å². The summed E-state index contributed by atoms with van der Waals surface area (Å²) in [5.41, 5.74) is 2.70. The maximum atomic E-state index is 14.4. The Morgan fingerprint density at radius 2 is 1.39 bits per heavy atom. The van der Waals surface area contributed by atoms with E-state index in [4.69, 9.17) is 23.2 Å². The molecule has 0 aliphatic rings. The van der Waals surface area contributed by atoms with Crippen LogP contribution in [0.3, 0.4) is 0 Å². The number of hydrogen-bond acceptors (Lipinski definition) is 4. The van der Waals surface area contributed by atoms with Gasteiger partial charge in [0.2, 0.25) is 11.8 Å². The first-order chi connectivity index (χ1) is 21.0. The van der Waals surface area contributed by atoms with Crippen LogP contribution in [-0.4, -0.2) is 43.8 Å². The molecule has 7 nitrogen and oxygen atoms in total. The number of carbonyl (C=O) groups is 2. The lowest BCUT2D eigenvalue weighted by Crippen LogP contribution is -2.54. The lowest BCUT2D eigenvalue weighted by molar-refractivity contribution is -0.140. The van der Waals surface area contributed by atoms with Crippen LogP contribution in [0, 0.1) is 6.92 Å². The Morgan fingerprint density at radius 1 is 0.795 bits per heavy atom. The third kappa shape index (κ3) is 8.40. The minimum Gasteiger partial charge on any atom is -0.352 e. The first-order valence-electron chi connectivity index (χ1n) is 14.2. The Labute approximate surface area is 269 Å². The average molecular weight is 653 g/mol. The van der Waals surface area contributed by atoms with Crippen LogP contribution in [-0.2, 0) is 32.6 Å². The molecule has 0 saturated carbocycles. The molecule has 0 heterocycles. The van der Waals surface area contributed by atoms with Crippen molar-refractivity contribution in [3.63, 3.8) is 0 Å². The van der Waals surface area contributed by atoms with Gasteiger partial charge in [0.1, 0.15) is 12.6 Å². The molecule has 0 saturated heterocycles. The minimum atomic E-state index is -4.24. The molecule has 4 aromatic rings. The topological polar surface area (TPSA) is 86.8 Å². The molecule has 4 aromatic carbocycles. The van der Waals surface area contributed by atoms with Crippen LogP contribution in [0.5, 0.6) is 0 Å². The van der Waals surface area contributed by atoms with Gasteiger partial charge in [0.05, 0.1) is 20.6 Å². The van der Waals surface area contributed by atoms with Crippen molar-refractivity contribution in [2.75, 3.05) is 10.8 Å². The second-order valence-electron chi connectivity index (χ2n) is 10.8. The second kappa shape index (κ2) is 14.8. The molecule has 0 aromatic heterocycles. The number of rotatable bonds is 12. The van der Waals surface area contributed by atoms with Crippen LogP contribution in [0.1, 0.15) is 30.5 Å². The number of benzene rings is 4. The van der Waals surface area contributed by atoms with Gasteiger partial charge in [0, 0.05) is 19.0 Å². The van der Waals surface area contributed by atoms with Gasteiger partial charge in [-0.05, 0) is 62.2 Å². The first-order valence-corrected chi connectivity index (χ1v) is 16.4.